The molecule has 0 aromatic carbocycles. The van der Waals surface area contributed by atoms with Gasteiger partial charge in [-0.3, -0.25) is 23.9 Å². The molecule has 54 heavy (non-hydrogen) atoms. The second kappa shape index (κ2) is 35.8. The van der Waals surface area contributed by atoms with Gasteiger partial charge in [0.2, 0.25) is 0 Å². The standard InChI is InChI=1S/C42H80NO10P/c1-6-8-10-12-14-15-16-17-18-19-21-25-29-33-41(44)49-37-40(38-51-54(47,48)50-36-35-43(3,4)5)52-42(45)34-30-26-22-24-28-32-39(53-46)31-27-23-20-13-11-9-7-2/h20,23,27,31,39-40H,6-19,21-22,24-26,28-30,32-38H2,1-5H3,(H-,46,47,48)/p+1/b23-20-,31-27+/t39?,40-/m1/s1. The molecule has 0 heterocycles. The number of nitrogens with zero attached hydrogens (tertiary/aromatic N) is 1. The molecule has 318 valence electrons. The number of allylic oxidation sites excluding steroid dienone is 3. The van der Waals surface area contributed by atoms with E-state index in [0.717, 1.165) is 51.4 Å². The molecular weight excluding hydrogens is 709 g/mol. The van der Waals surface area contributed by atoms with Gasteiger partial charge in [-0.15, -0.1) is 0 Å². The third-order valence-corrected chi connectivity index (χ3v) is 10.2. The highest BCUT2D eigenvalue weighted by Crippen LogP contribution is 2.43. The number of carbonyl (C=O) groups is 2. The van der Waals surface area contributed by atoms with E-state index in [4.69, 9.17) is 18.5 Å². The number of quaternary nitrogens is 1. The highest BCUT2D eigenvalue weighted by atomic mass is 31.2. The van der Waals surface area contributed by atoms with Crippen molar-refractivity contribution in [1.82, 2.24) is 0 Å². The molecule has 0 rings (SSSR count). The van der Waals surface area contributed by atoms with E-state index in [9.17, 15) is 24.3 Å². The van der Waals surface area contributed by atoms with Crippen molar-refractivity contribution in [3.63, 3.8) is 0 Å². The zero-order valence-electron chi connectivity index (χ0n) is 35.0. The maximum absolute atomic E-state index is 12.7. The number of hydrogen-bond donors (Lipinski definition) is 2. The van der Waals surface area contributed by atoms with Gasteiger partial charge in [-0.25, -0.2) is 9.45 Å². The number of likely N-dealkylation sites (N-methyl/N-ethyl adjacent to an activating group) is 1. The van der Waals surface area contributed by atoms with Crippen LogP contribution in [0.4, 0.5) is 0 Å². The van der Waals surface area contributed by atoms with Crippen molar-refractivity contribution in [3.05, 3.63) is 24.3 Å². The van der Waals surface area contributed by atoms with E-state index in [1.165, 1.54) is 83.5 Å². The van der Waals surface area contributed by atoms with Crippen LogP contribution in [-0.2, 0) is 37.6 Å². The number of hydrogen-bond acceptors (Lipinski definition) is 9. The van der Waals surface area contributed by atoms with Crippen LogP contribution in [0.25, 0.3) is 0 Å². The van der Waals surface area contributed by atoms with Crippen LogP contribution in [0.1, 0.15) is 174 Å². The van der Waals surface area contributed by atoms with Gasteiger partial charge in [0, 0.05) is 12.8 Å². The van der Waals surface area contributed by atoms with Crippen LogP contribution in [0.15, 0.2) is 24.3 Å². The van der Waals surface area contributed by atoms with Gasteiger partial charge < -0.3 is 18.9 Å². The quantitative estimate of drug-likeness (QED) is 0.0118. The predicted octanol–water partition coefficient (Wildman–Crippen LogP) is 11.0. The fourth-order valence-electron chi connectivity index (χ4n) is 5.76. The average molecular weight is 791 g/mol. The summed E-state index contributed by atoms with van der Waals surface area (Å²) < 4.78 is 34.2. The summed E-state index contributed by atoms with van der Waals surface area (Å²) in [7, 11) is 1.40. The molecule has 2 N–H and O–H groups in total. The minimum Gasteiger partial charge on any atom is -0.462 e. The molecule has 0 radical (unpaired) electrons. The van der Waals surface area contributed by atoms with Gasteiger partial charge in [-0.1, -0.05) is 154 Å². The highest BCUT2D eigenvalue weighted by molar-refractivity contribution is 7.47. The molecule has 3 atom stereocenters. The number of phosphoric ester groups is 1. The molecule has 0 aliphatic heterocycles. The van der Waals surface area contributed by atoms with Crippen molar-refractivity contribution in [2.75, 3.05) is 47.5 Å². The molecule has 0 spiro atoms. The first-order chi connectivity index (χ1) is 25.9. The largest absolute Gasteiger partial charge is 0.472 e. The maximum Gasteiger partial charge on any atom is 0.472 e. The molecule has 0 aromatic heterocycles. The van der Waals surface area contributed by atoms with Crippen molar-refractivity contribution in [1.29, 1.82) is 0 Å². The van der Waals surface area contributed by atoms with Crippen molar-refractivity contribution < 1.29 is 52.2 Å². The molecule has 0 aromatic rings. The van der Waals surface area contributed by atoms with Crippen LogP contribution < -0.4 is 0 Å². The average Bonchev–Trinajstić information content (AvgIpc) is 3.12. The number of phosphoric acid groups is 1. The Balaban J connectivity index is 4.53. The number of carbonyl (C=O) groups excluding carboxylic acids is 2. The summed E-state index contributed by atoms with van der Waals surface area (Å²) in [5, 5.41) is 9.21. The lowest BCUT2D eigenvalue weighted by Crippen LogP contribution is -2.37. The Morgan fingerprint density at radius 2 is 1.19 bits per heavy atom. The second-order valence-corrected chi connectivity index (χ2v) is 17.1. The molecule has 11 nitrogen and oxygen atoms in total. The zero-order valence-corrected chi connectivity index (χ0v) is 35.9. The fourth-order valence-corrected chi connectivity index (χ4v) is 6.50. The third-order valence-electron chi connectivity index (χ3n) is 9.21. The minimum absolute atomic E-state index is 0.0107. The second-order valence-electron chi connectivity index (χ2n) is 15.7. The lowest BCUT2D eigenvalue weighted by atomic mass is 10.0. The van der Waals surface area contributed by atoms with Crippen LogP contribution >= 0.6 is 7.82 Å². The Hall–Kier alpha value is -1.59. The van der Waals surface area contributed by atoms with Crippen LogP contribution in [0.2, 0.25) is 0 Å². The fraction of sp³-hybridized carbons (Fsp3) is 0.857. The van der Waals surface area contributed by atoms with Gasteiger partial charge in [-0.05, 0) is 32.1 Å². The van der Waals surface area contributed by atoms with E-state index in [-0.39, 0.29) is 32.2 Å². The summed E-state index contributed by atoms with van der Waals surface area (Å²) >= 11 is 0. The van der Waals surface area contributed by atoms with E-state index < -0.39 is 32.5 Å². The number of rotatable bonds is 39. The van der Waals surface area contributed by atoms with E-state index in [1.54, 1.807) is 0 Å². The first kappa shape index (κ1) is 52.4. The van der Waals surface area contributed by atoms with Crippen LogP contribution in [0.3, 0.4) is 0 Å². The van der Waals surface area contributed by atoms with E-state index in [2.05, 4.69) is 24.8 Å². The molecule has 0 amide bonds. The van der Waals surface area contributed by atoms with Crippen molar-refractivity contribution in [3.8, 4) is 0 Å². The number of unbranched alkanes of at least 4 members (excludes halogenated alkanes) is 19. The number of esters is 2. The van der Waals surface area contributed by atoms with Gasteiger partial charge in [0.25, 0.3) is 0 Å². The summed E-state index contributed by atoms with van der Waals surface area (Å²) in [4.78, 5) is 39.9. The van der Waals surface area contributed by atoms with Gasteiger partial charge >= 0.3 is 19.8 Å². The lowest BCUT2D eigenvalue weighted by molar-refractivity contribution is -0.870. The van der Waals surface area contributed by atoms with Crippen LogP contribution in [0, 0.1) is 0 Å². The van der Waals surface area contributed by atoms with E-state index in [0.29, 0.717) is 23.9 Å². The van der Waals surface area contributed by atoms with Gasteiger partial charge in [0.15, 0.2) is 6.10 Å². The molecule has 0 bridgehead atoms. The Morgan fingerprint density at radius 1 is 0.667 bits per heavy atom. The van der Waals surface area contributed by atoms with Crippen LogP contribution in [0.5, 0.6) is 0 Å². The Morgan fingerprint density at radius 3 is 1.74 bits per heavy atom. The van der Waals surface area contributed by atoms with Crippen molar-refractivity contribution in [2.45, 2.75) is 187 Å². The van der Waals surface area contributed by atoms with E-state index >= 15 is 0 Å². The number of ether oxygens (including phenoxy) is 2. The smallest absolute Gasteiger partial charge is 0.462 e. The zero-order chi connectivity index (χ0) is 40.2. The molecule has 0 aliphatic rings. The summed E-state index contributed by atoms with van der Waals surface area (Å²) in [5.41, 5.74) is 0. The summed E-state index contributed by atoms with van der Waals surface area (Å²) in [6.07, 6.45) is 32.2. The first-order valence-corrected chi connectivity index (χ1v) is 22.8. The molecule has 0 saturated heterocycles. The van der Waals surface area contributed by atoms with Crippen molar-refractivity contribution >= 4 is 19.8 Å². The molecule has 12 heteroatoms. The van der Waals surface area contributed by atoms with Gasteiger partial charge in [0.05, 0.1) is 27.7 Å². The highest BCUT2D eigenvalue weighted by Gasteiger charge is 2.27. The van der Waals surface area contributed by atoms with Gasteiger partial charge in [0.1, 0.15) is 25.9 Å². The summed E-state index contributed by atoms with van der Waals surface area (Å²) in [5.74, 6) is -0.884. The SMILES string of the molecule is CCCCC/C=C\C=C\C(CCCCCCCC(=O)O[C@H](COC(=O)CCCCCCCCCCCCCCC)COP(=O)(O)OCC[N+](C)(C)C)OO. The summed E-state index contributed by atoms with van der Waals surface area (Å²) in [6.45, 7) is 4.23. The third kappa shape index (κ3) is 37.3. The van der Waals surface area contributed by atoms with E-state index in [1.807, 2.05) is 39.4 Å². The normalized spacial score (nSPS) is 14.4. The lowest BCUT2D eigenvalue weighted by Gasteiger charge is -2.24. The Bertz CT molecular complexity index is 1000. The molecule has 0 saturated carbocycles. The maximum atomic E-state index is 12.7. The topological polar surface area (TPSA) is 138 Å². The van der Waals surface area contributed by atoms with Crippen molar-refractivity contribution in [2.24, 2.45) is 0 Å². The Kier molecular flexibility index (Phi) is 34.7. The molecule has 2 unspecified atom stereocenters. The molecule has 0 aliphatic carbocycles. The molecule has 0 fully saturated rings. The Labute approximate surface area is 329 Å². The van der Waals surface area contributed by atoms with Gasteiger partial charge in [-0.2, -0.15) is 0 Å². The van der Waals surface area contributed by atoms with Crippen LogP contribution in [-0.4, -0.2) is 86.3 Å². The predicted molar refractivity (Wildman–Crippen MR) is 218 cm³/mol. The first-order valence-electron chi connectivity index (χ1n) is 21.3. The monoisotopic (exact) mass is 791 g/mol. The minimum atomic E-state index is -4.40. The summed E-state index contributed by atoms with van der Waals surface area (Å²) in [6, 6.07) is 0. The molecular formula is C42H81NO10P+.